The van der Waals surface area contributed by atoms with Gasteiger partial charge in [-0.25, -0.2) is 4.79 Å². The highest BCUT2D eigenvalue weighted by Gasteiger charge is 2.11. The first-order valence-electron chi connectivity index (χ1n) is 7.64. The standard InChI is InChI=1S/C17H27NO2/c1-5-13(4)12-15(6-2)18-16-10-8-14(9-11-16)17(19)20-7-3/h8-11,13,15,18H,5-7,12H2,1-4H3. The van der Waals surface area contributed by atoms with Gasteiger partial charge in [-0.1, -0.05) is 27.2 Å². The predicted molar refractivity (Wildman–Crippen MR) is 84.2 cm³/mol. The molecule has 0 aliphatic rings. The van der Waals surface area contributed by atoms with Crippen molar-refractivity contribution in [2.75, 3.05) is 11.9 Å². The van der Waals surface area contributed by atoms with Crippen molar-refractivity contribution in [1.82, 2.24) is 0 Å². The van der Waals surface area contributed by atoms with Gasteiger partial charge in [-0.3, -0.25) is 0 Å². The van der Waals surface area contributed by atoms with Crippen molar-refractivity contribution in [3.05, 3.63) is 29.8 Å². The van der Waals surface area contributed by atoms with Crippen LogP contribution in [0.1, 0.15) is 57.3 Å². The van der Waals surface area contributed by atoms with E-state index >= 15 is 0 Å². The first-order valence-corrected chi connectivity index (χ1v) is 7.64. The van der Waals surface area contributed by atoms with Crippen molar-refractivity contribution in [2.45, 2.75) is 53.0 Å². The Kier molecular flexibility index (Phi) is 7.13. The summed E-state index contributed by atoms with van der Waals surface area (Å²) in [5.41, 5.74) is 1.67. The molecule has 2 atom stereocenters. The van der Waals surface area contributed by atoms with Gasteiger partial charge in [0.1, 0.15) is 0 Å². The molecule has 1 aromatic carbocycles. The molecule has 0 aliphatic carbocycles. The molecule has 0 aliphatic heterocycles. The molecule has 0 fully saturated rings. The average Bonchev–Trinajstić information content (AvgIpc) is 2.47. The number of benzene rings is 1. The Morgan fingerprint density at radius 3 is 2.30 bits per heavy atom. The molecule has 1 rings (SSSR count). The van der Waals surface area contributed by atoms with Crippen molar-refractivity contribution in [3.63, 3.8) is 0 Å². The van der Waals surface area contributed by atoms with Crippen LogP contribution in [0.5, 0.6) is 0 Å². The fourth-order valence-electron chi connectivity index (χ4n) is 2.13. The molecule has 0 aromatic heterocycles. The summed E-state index contributed by atoms with van der Waals surface area (Å²) in [6.45, 7) is 8.94. The molecular weight excluding hydrogens is 250 g/mol. The van der Waals surface area contributed by atoms with E-state index in [2.05, 4.69) is 26.1 Å². The molecule has 3 heteroatoms. The highest BCUT2D eigenvalue weighted by Crippen LogP contribution is 2.18. The van der Waals surface area contributed by atoms with Crippen LogP contribution in [0.15, 0.2) is 24.3 Å². The van der Waals surface area contributed by atoms with Crippen molar-refractivity contribution in [3.8, 4) is 0 Å². The molecule has 1 aromatic rings. The van der Waals surface area contributed by atoms with E-state index in [1.165, 1.54) is 12.8 Å². The molecule has 0 amide bonds. The van der Waals surface area contributed by atoms with Crippen molar-refractivity contribution < 1.29 is 9.53 Å². The second kappa shape index (κ2) is 8.62. The summed E-state index contributed by atoms with van der Waals surface area (Å²) in [4.78, 5) is 11.6. The van der Waals surface area contributed by atoms with E-state index in [-0.39, 0.29) is 5.97 Å². The van der Waals surface area contributed by atoms with Crippen molar-refractivity contribution >= 4 is 11.7 Å². The normalized spacial score (nSPS) is 13.6. The molecule has 1 N–H and O–H groups in total. The van der Waals surface area contributed by atoms with Crippen molar-refractivity contribution in [1.29, 1.82) is 0 Å². The minimum Gasteiger partial charge on any atom is -0.462 e. The van der Waals surface area contributed by atoms with Gasteiger partial charge >= 0.3 is 5.97 Å². The second-order valence-corrected chi connectivity index (χ2v) is 5.30. The zero-order valence-electron chi connectivity index (χ0n) is 13.1. The summed E-state index contributed by atoms with van der Waals surface area (Å²) >= 11 is 0. The van der Waals surface area contributed by atoms with Crippen LogP contribution in [0.2, 0.25) is 0 Å². The maximum Gasteiger partial charge on any atom is 0.338 e. The van der Waals surface area contributed by atoms with E-state index in [1.54, 1.807) is 0 Å². The Balaban J connectivity index is 2.61. The van der Waals surface area contributed by atoms with Crippen LogP contribution in [0, 0.1) is 5.92 Å². The fourth-order valence-corrected chi connectivity index (χ4v) is 2.13. The summed E-state index contributed by atoms with van der Waals surface area (Å²) in [6.07, 6.45) is 3.48. The number of hydrogen-bond donors (Lipinski definition) is 1. The van der Waals surface area contributed by atoms with Crippen LogP contribution < -0.4 is 5.32 Å². The van der Waals surface area contributed by atoms with Gasteiger partial charge in [0.25, 0.3) is 0 Å². The lowest BCUT2D eigenvalue weighted by molar-refractivity contribution is 0.0526. The van der Waals surface area contributed by atoms with E-state index in [0.717, 1.165) is 18.0 Å². The summed E-state index contributed by atoms with van der Waals surface area (Å²) in [7, 11) is 0. The number of esters is 1. The maximum atomic E-state index is 11.6. The largest absolute Gasteiger partial charge is 0.462 e. The zero-order valence-corrected chi connectivity index (χ0v) is 13.1. The number of ether oxygens (including phenoxy) is 1. The Bertz CT molecular complexity index is 400. The van der Waals surface area contributed by atoms with Gasteiger partial charge in [-0.15, -0.1) is 0 Å². The summed E-state index contributed by atoms with van der Waals surface area (Å²) in [5, 5.41) is 3.54. The Labute approximate surface area is 122 Å². The van der Waals surface area contributed by atoms with Gasteiger partial charge in [-0.05, 0) is 49.9 Å². The van der Waals surface area contributed by atoms with Gasteiger partial charge in [-0.2, -0.15) is 0 Å². The third-order valence-electron chi connectivity index (χ3n) is 3.64. The first-order chi connectivity index (χ1) is 9.60. The van der Waals surface area contributed by atoms with Crippen LogP contribution in [-0.2, 0) is 4.74 Å². The Hall–Kier alpha value is -1.51. The number of nitrogens with one attached hydrogen (secondary N) is 1. The number of anilines is 1. The molecule has 20 heavy (non-hydrogen) atoms. The van der Waals surface area contributed by atoms with Crippen LogP contribution in [-0.4, -0.2) is 18.6 Å². The van der Waals surface area contributed by atoms with Crippen LogP contribution >= 0.6 is 0 Å². The molecule has 0 bridgehead atoms. The molecule has 0 radical (unpaired) electrons. The highest BCUT2D eigenvalue weighted by molar-refractivity contribution is 5.89. The third kappa shape index (κ3) is 5.24. The maximum absolute atomic E-state index is 11.6. The lowest BCUT2D eigenvalue weighted by Crippen LogP contribution is -2.21. The van der Waals surface area contributed by atoms with Gasteiger partial charge < -0.3 is 10.1 Å². The van der Waals surface area contributed by atoms with Gasteiger partial charge in [0.2, 0.25) is 0 Å². The van der Waals surface area contributed by atoms with Gasteiger partial charge in [0.05, 0.1) is 12.2 Å². The van der Waals surface area contributed by atoms with Crippen LogP contribution in [0.4, 0.5) is 5.69 Å². The fraction of sp³-hybridized carbons (Fsp3) is 0.588. The topological polar surface area (TPSA) is 38.3 Å². The van der Waals surface area contributed by atoms with Crippen LogP contribution in [0.25, 0.3) is 0 Å². The Morgan fingerprint density at radius 2 is 1.80 bits per heavy atom. The van der Waals surface area contributed by atoms with E-state index in [1.807, 2.05) is 31.2 Å². The smallest absolute Gasteiger partial charge is 0.338 e. The molecule has 3 nitrogen and oxygen atoms in total. The quantitative estimate of drug-likeness (QED) is 0.711. The molecule has 0 saturated heterocycles. The molecular formula is C17H27NO2. The van der Waals surface area contributed by atoms with Crippen molar-refractivity contribution in [2.24, 2.45) is 5.92 Å². The van der Waals surface area contributed by atoms with E-state index in [0.29, 0.717) is 18.2 Å². The van der Waals surface area contributed by atoms with Gasteiger partial charge in [0, 0.05) is 11.7 Å². The molecule has 0 spiro atoms. The SMILES string of the molecule is CCOC(=O)c1ccc(NC(CC)CC(C)CC)cc1. The number of rotatable bonds is 8. The monoisotopic (exact) mass is 277 g/mol. The molecule has 0 heterocycles. The van der Waals surface area contributed by atoms with E-state index < -0.39 is 0 Å². The number of carbonyl (C=O) groups excluding carboxylic acids is 1. The number of carbonyl (C=O) groups is 1. The minimum absolute atomic E-state index is 0.259. The lowest BCUT2D eigenvalue weighted by atomic mass is 9.97. The number of hydrogen-bond acceptors (Lipinski definition) is 3. The summed E-state index contributed by atoms with van der Waals surface area (Å²) in [6, 6.07) is 8.02. The predicted octanol–water partition coefficient (Wildman–Crippen LogP) is 4.49. The molecule has 112 valence electrons. The molecule has 2 unspecified atom stereocenters. The second-order valence-electron chi connectivity index (χ2n) is 5.30. The van der Waals surface area contributed by atoms with E-state index in [9.17, 15) is 4.79 Å². The average molecular weight is 277 g/mol. The lowest BCUT2D eigenvalue weighted by Gasteiger charge is -2.21. The van der Waals surface area contributed by atoms with E-state index in [4.69, 9.17) is 4.74 Å². The van der Waals surface area contributed by atoms with Crippen LogP contribution in [0.3, 0.4) is 0 Å². The Morgan fingerprint density at radius 1 is 1.15 bits per heavy atom. The minimum atomic E-state index is -0.259. The first kappa shape index (κ1) is 16.5. The third-order valence-corrected chi connectivity index (χ3v) is 3.64. The zero-order chi connectivity index (χ0) is 15.0. The molecule has 0 saturated carbocycles. The van der Waals surface area contributed by atoms with Gasteiger partial charge in [0.15, 0.2) is 0 Å². The summed E-state index contributed by atoms with van der Waals surface area (Å²) in [5.74, 6) is 0.469. The highest BCUT2D eigenvalue weighted by atomic mass is 16.5. The summed E-state index contributed by atoms with van der Waals surface area (Å²) < 4.78 is 4.98.